The second-order valence-corrected chi connectivity index (χ2v) is 2.15. The molecule has 8 heavy (non-hydrogen) atoms. The van der Waals surface area contributed by atoms with Gasteiger partial charge in [-0.3, -0.25) is 0 Å². The van der Waals surface area contributed by atoms with E-state index in [1.54, 1.807) is 0 Å². The molecule has 1 atom stereocenters. The smallest absolute Gasteiger partial charge is 0.0597 e. The third kappa shape index (κ3) is 1.46. The molecule has 0 aliphatic carbocycles. The average Bonchev–Trinajstić information content (AvgIpc) is 2.19. The Balaban J connectivity index is 2.06. The maximum atomic E-state index is 8.45. The lowest BCUT2D eigenvalue weighted by molar-refractivity contribution is 0.0868. The first kappa shape index (κ1) is 6.05. The first-order valence-electron chi connectivity index (χ1n) is 3.16. The van der Waals surface area contributed by atoms with E-state index in [-0.39, 0.29) is 6.61 Å². The van der Waals surface area contributed by atoms with Crippen LogP contribution in [0.3, 0.4) is 0 Å². The van der Waals surface area contributed by atoms with E-state index in [1.807, 2.05) is 0 Å². The highest BCUT2D eigenvalue weighted by molar-refractivity contribution is 4.63. The third-order valence-electron chi connectivity index (χ3n) is 1.48. The molecule has 0 aromatic carbocycles. The molecule has 48 valence electrons. The van der Waals surface area contributed by atoms with Crippen LogP contribution in [0.1, 0.15) is 19.3 Å². The molecule has 1 N–H and O–H groups in total. The number of hydrogen-bond acceptors (Lipinski definition) is 2. The molecule has 0 bridgehead atoms. The minimum atomic E-state index is 0.269. The van der Waals surface area contributed by atoms with Crippen LogP contribution in [-0.2, 0) is 4.74 Å². The van der Waals surface area contributed by atoms with Crippen LogP contribution in [-0.4, -0.2) is 24.4 Å². The zero-order chi connectivity index (χ0) is 5.82. The second-order valence-electron chi connectivity index (χ2n) is 2.15. The molecule has 1 heterocycles. The Morgan fingerprint density at radius 1 is 1.62 bits per heavy atom. The molecular formula is C6H12O2. The van der Waals surface area contributed by atoms with Gasteiger partial charge in [-0.05, 0) is 19.3 Å². The minimum Gasteiger partial charge on any atom is -0.396 e. The summed E-state index contributed by atoms with van der Waals surface area (Å²) < 4.78 is 5.23. The van der Waals surface area contributed by atoms with Crippen molar-refractivity contribution in [2.45, 2.75) is 25.4 Å². The normalized spacial score (nSPS) is 28.9. The van der Waals surface area contributed by atoms with E-state index in [1.165, 1.54) is 6.42 Å². The fourth-order valence-electron chi connectivity index (χ4n) is 1.02. The highest BCUT2D eigenvalue weighted by atomic mass is 16.5. The van der Waals surface area contributed by atoms with Gasteiger partial charge in [0.2, 0.25) is 0 Å². The first-order chi connectivity index (χ1) is 3.93. The molecule has 0 aromatic rings. The number of hydrogen-bond donors (Lipinski definition) is 1. The number of rotatable bonds is 2. The van der Waals surface area contributed by atoms with Gasteiger partial charge in [-0.15, -0.1) is 0 Å². The van der Waals surface area contributed by atoms with Crippen molar-refractivity contribution in [2.24, 2.45) is 0 Å². The Hall–Kier alpha value is -0.0800. The molecule has 0 saturated carbocycles. The Morgan fingerprint density at radius 3 is 3.00 bits per heavy atom. The van der Waals surface area contributed by atoms with Crippen molar-refractivity contribution in [2.75, 3.05) is 13.2 Å². The first-order valence-corrected chi connectivity index (χ1v) is 3.16. The summed E-state index contributed by atoms with van der Waals surface area (Å²) in [6.45, 7) is 1.16. The molecule has 1 aliphatic heterocycles. The van der Waals surface area contributed by atoms with Gasteiger partial charge in [0.1, 0.15) is 0 Å². The van der Waals surface area contributed by atoms with Gasteiger partial charge in [-0.1, -0.05) is 0 Å². The lowest BCUT2D eigenvalue weighted by Gasteiger charge is -2.03. The molecule has 1 fully saturated rings. The van der Waals surface area contributed by atoms with Crippen molar-refractivity contribution in [3.05, 3.63) is 0 Å². The highest BCUT2D eigenvalue weighted by Gasteiger charge is 2.13. The Kier molecular flexibility index (Phi) is 2.30. The lowest BCUT2D eigenvalue weighted by Crippen LogP contribution is -2.06. The van der Waals surface area contributed by atoms with E-state index < -0.39 is 0 Å². The van der Waals surface area contributed by atoms with Crippen LogP contribution in [0.4, 0.5) is 0 Å². The maximum Gasteiger partial charge on any atom is 0.0597 e. The molecule has 0 aromatic heterocycles. The van der Waals surface area contributed by atoms with Gasteiger partial charge in [0.15, 0.2) is 0 Å². The minimum absolute atomic E-state index is 0.269. The molecule has 0 radical (unpaired) electrons. The fourth-order valence-corrected chi connectivity index (χ4v) is 1.02. The summed E-state index contributed by atoms with van der Waals surface area (Å²) in [7, 11) is 0. The van der Waals surface area contributed by atoms with Crippen LogP contribution < -0.4 is 0 Å². The summed E-state index contributed by atoms with van der Waals surface area (Å²) in [6, 6.07) is 0. The van der Waals surface area contributed by atoms with Crippen LogP contribution in [0.25, 0.3) is 0 Å². The van der Waals surface area contributed by atoms with Crippen molar-refractivity contribution < 1.29 is 9.84 Å². The Bertz CT molecular complexity index is 57.5. The topological polar surface area (TPSA) is 29.5 Å². The molecule has 1 rings (SSSR count). The van der Waals surface area contributed by atoms with E-state index in [9.17, 15) is 0 Å². The number of aliphatic hydroxyl groups is 1. The Morgan fingerprint density at radius 2 is 2.50 bits per heavy atom. The van der Waals surface area contributed by atoms with Crippen LogP contribution in [0.2, 0.25) is 0 Å². The van der Waals surface area contributed by atoms with Gasteiger partial charge in [0.05, 0.1) is 6.10 Å². The molecule has 2 nitrogen and oxygen atoms in total. The quantitative estimate of drug-likeness (QED) is 0.570. The van der Waals surface area contributed by atoms with Gasteiger partial charge in [0.25, 0.3) is 0 Å². The van der Waals surface area contributed by atoms with Crippen LogP contribution >= 0.6 is 0 Å². The number of aliphatic hydroxyl groups excluding tert-OH is 1. The van der Waals surface area contributed by atoms with Crippen LogP contribution in [0.5, 0.6) is 0 Å². The maximum absolute atomic E-state index is 8.45. The van der Waals surface area contributed by atoms with Gasteiger partial charge in [0, 0.05) is 13.2 Å². The summed E-state index contributed by atoms with van der Waals surface area (Å²) in [6.07, 6.45) is 3.49. The monoisotopic (exact) mass is 116 g/mol. The van der Waals surface area contributed by atoms with E-state index in [0.717, 1.165) is 19.4 Å². The third-order valence-corrected chi connectivity index (χ3v) is 1.48. The predicted molar refractivity (Wildman–Crippen MR) is 30.7 cm³/mol. The molecule has 1 aliphatic rings. The SMILES string of the molecule is OCC[C@H]1CCCO1. The van der Waals surface area contributed by atoms with E-state index in [4.69, 9.17) is 9.84 Å². The van der Waals surface area contributed by atoms with Gasteiger partial charge in [-0.25, -0.2) is 0 Å². The van der Waals surface area contributed by atoms with E-state index in [0.29, 0.717) is 6.10 Å². The van der Waals surface area contributed by atoms with Gasteiger partial charge < -0.3 is 9.84 Å². The van der Waals surface area contributed by atoms with Crippen LogP contribution in [0, 0.1) is 0 Å². The average molecular weight is 116 g/mol. The molecule has 0 amide bonds. The van der Waals surface area contributed by atoms with Crippen molar-refractivity contribution >= 4 is 0 Å². The summed E-state index contributed by atoms with van der Waals surface area (Å²) >= 11 is 0. The summed E-state index contributed by atoms with van der Waals surface area (Å²) in [5.74, 6) is 0. The van der Waals surface area contributed by atoms with Crippen molar-refractivity contribution in [1.82, 2.24) is 0 Å². The van der Waals surface area contributed by atoms with Crippen LogP contribution in [0.15, 0.2) is 0 Å². The highest BCUT2D eigenvalue weighted by Crippen LogP contribution is 2.13. The molecule has 0 unspecified atom stereocenters. The molecule has 0 spiro atoms. The van der Waals surface area contributed by atoms with Crippen molar-refractivity contribution in [1.29, 1.82) is 0 Å². The van der Waals surface area contributed by atoms with Gasteiger partial charge in [-0.2, -0.15) is 0 Å². The fraction of sp³-hybridized carbons (Fsp3) is 1.00. The zero-order valence-corrected chi connectivity index (χ0v) is 4.97. The molecule has 1 saturated heterocycles. The second kappa shape index (κ2) is 3.05. The lowest BCUT2D eigenvalue weighted by atomic mass is 10.2. The van der Waals surface area contributed by atoms with E-state index >= 15 is 0 Å². The standard InChI is InChI=1S/C6H12O2/c7-4-3-6-2-1-5-8-6/h6-7H,1-5H2/t6-/m1/s1. The summed E-state index contributed by atoms with van der Waals surface area (Å²) in [4.78, 5) is 0. The largest absolute Gasteiger partial charge is 0.396 e. The Labute approximate surface area is 49.5 Å². The predicted octanol–water partition coefficient (Wildman–Crippen LogP) is 0.548. The summed E-state index contributed by atoms with van der Waals surface area (Å²) in [5.41, 5.74) is 0. The summed E-state index contributed by atoms with van der Waals surface area (Å²) in [5, 5.41) is 8.45. The van der Waals surface area contributed by atoms with Crippen molar-refractivity contribution in [3.8, 4) is 0 Å². The molecule has 2 heteroatoms. The van der Waals surface area contributed by atoms with E-state index in [2.05, 4.69) is 0 Å². The zero-order valence-electron chi connectivity index (χ0n) is 4.97. The van der Waals surface area contributed by atoms with Gasteiger partial charge >= 0.3 is 0 Å². The molecular weight excluding hydrogens is 104 g/mol. The van der Waals surface area contributed by atoms with Crippen molar-refractivity contribution in [3.63, 3.8) is 0 Å². The number of ether oxygens (including phenoxy) is 1.